The number of sulfonamides is 1. The van der Waals surface area contributed by atoms with E-state index in [1.54, 1.807) is 13.8 Å². The predicted octanol–water partition coefficient (Wildman–Crippen LogP) is 1.35. The van der Waals surface area contributed by atoms with Crippen molar-refractivity contribution in [2.24, 2.45) is 5.84 Å². The quantitative estimate of drug-likeness (QED) is 0.413. The van der Waals surface area contributed by atoms with Crippen molar-refractivity contribution < 1.29 is 13.3 Å². The number of benzene rings is 1. The summed E-state index contributed by atoms with van der Waals surface area (Å²) >= 11 is 0. The highest BCUT2D eigenvalue weighted by Crippen LogP contribution is 2.26. The van der Waals surface area contributed by atoms with Crippen LogP contribution in [-0.2, 0) is 10.0 Å². The highest BCUT2D eigenvalue weighted by atomic mass is 32.2. The van der Waals surface area contributed by atoms with Gasteiger partial charge in [-0.25, -0.2) is 13.1 Å². The zero-order chi connectivity index (χ0) is 15.6. The lowest BCUT2D eigenvalue weighted by Crippen LogP contribution is -2.42. The second-order valence-corrected chi connectivity index (χ2v) is 6.58. The maximum absolute atomic E-state index is 12.3. The molecule has 0 aliphatic heterocycles. The van der Waals surface area contributed by atoms with E-state index in [9.17, 15) is 18.5 Å². The van der Waals surface area contributed by atoms with Crippen molar-refractivity contribution in [1.29, 1.82) is 0 Å². The summed E-state index contributed by atoms with van der Waals surface area (Å²) in [4.78, 5) is 9.92. The molecule has 0 atom stereocenters. The fourth-order valence-electron chi connectivity index (χ4n) is 1.47. The van der Waals surface area contributed by atoms with Crippen molar-refractivity contribution in [3.8, 4) is 0 Å². The molecule has 1 aromatic rings. The molecule has 9 heteroatoms. The van der Waals surface area contributed by atoms with Crippen molar-refractivity contribution in [3.63, 3.8) is 0 Å². The molecule has 0 fully saturated rings. The SMILES string of the molecule is CCC(C)(C)NS(=O)(=O)c1ccc([N+](=O)[O-])cc1NN. The van der Waals surface area contributed by atoms with Gasteiger partial charge in [0.15, 0.2) is 0 Å². The lowest BCUT2D eigenvalue weighted by Gasteiger charge is -2.24. The van der Waals surface area contributed by atoms with Crippen LogP contribution < -0.4 is 16.0 Å². The van der Waals surface area contributed by atoms with E-state index < -0.39 is 20.5 Å². The van der Waals surface area contributed by atoms with Gasteiger partial charge >= 0.3 is 0 Å². The van der Waals surface area contributed by atoms with Crippen LogP contribution >= 0.6 is 0 Å². The summed E-state index contributed by atoms with van der Waals surface area (Å²) in [5.74, 6) is 5.25. The van der Waals surface area contributed by atoms with Gasteiger partial charge in [0.1, 0.15) is 4.90 Å². The van der Waals surface area contributed by atoms with Gasteiger partial charge in [0.05, 0.1) is 10.6 Å². The summed E-state index contributed by atoms with van der Waals surface area (Å²) in [7, 11) is -3.83. The molecule has 112 valence electrons. The number of nitrogens with zero attached hydrogens (tertiary/aromatic N) is 1. The summed E-state index contributed by atoms with van der Waals surface area (Å²) in [6, 6.07) is 3.35. The van der Waals surface area contributed by atoms with Crippen molar-refractivity contribution in [1.82, 2.24) is 4.72 Å². The van der Waals surface area contributed by atoms with E-state index in [2.05, 4.69) is 10.1 Å². The normalized spacial score (nSPS) is 12.2. The molecule has 0 saturated heterocycles. The maximum atomic E-state index is 12.3. The number of hydrogen-bond donors (Lipinski definition) is 3. The Hall–Kier alpha value is -1.71. The summed E-state index contributed by atoms with van der Waals surface area (Å²) in [6.07, 6.45) is 0.588. The molecule has 1 rings (SSSR count). The number of nitrogen functional groups attached to an aromatic ring is 1. The van der Waals surface area contributed by atoms with Crippen molar-refractivity contribution in [2.45, 2.75) is 37.6 Å². The fourth-order valence-corrected chi connectivity index (χ4v) is 3.11. The minimum absolute atomic E-state index is 0.0291. The van der Waals surface area contributed by atoms with Gasteiger partial charge in [0, 0.05) is 17.7 Å². The van der Waals surface area contributed by atoms with E-state index in [0.717, 1.165) is 18.2 Å². The second kappa shape index (κ2) is 5.73. The largest absolute Gasteiger partial charge is 0.323 e. The van der Waals surface area contributed by atoms with Crippen LogP contribution in [0.5, 0.6) is 0 Å². The Morgan fingerprint density at radius 3 is 2.45 bits per heavy atom. The van der Waals surface area contributed by atoms with Gasteiger partial charge in [0.25, 0.3) is 5.69 Å². The van der Waals surface area contributed by atoms with Crippen LogP contribution in [0.15, 0.2) is 23.1 Å². The Morgan fingerprint density at radius 2 is 2.00 bits per heavy atom. The minimum Gasteiger partial charge on any atom is -0.323 e. The van der Waals surface area contributed by atoms with Gasteiger partial charge in [-0.05, 0) is 26.3 Å². The third kappa shape index (κ3) is 3.65. The van der Waals surface area contributed by atoms with Crippen molar-refractivity contribution >= 4 is 21.4 Å². The standard InChI is InChI=1S/C11H18N4O4S/c1-4-11(2,3)14-20(18,19)10-6-5-8(15(16)17)7-9(10)13-12/h5-7,13-14H,4,12H2,1-3H3. The first-order chi connectivity index (χ1) is 9.13. The highest BCUT2D eigenvalue weighted by molar-refractivity contribution is 7.89. The Balaban J connectivity index is 3.28. The van der Waals surface area contributed by atoms with Gasteiger partial charge in [0.2, 0.25) is 10.0 Å². The van der Waals surface area contributed by atoms with Gasteiger partial charge in [-0.2, -0.15) is 0 Å². The van der Waals surface area contributed by atoms with Crippen LogP contribution in [0, 0.1) is 10.1 Å². The monoisotopic (exact) mass is 302 g/mol. The zero-order valence-electron chi connectivity index (χ0n) is 11.5. The summed E-state index contributed by atoms with van der Waals surface area (Å²) in [5, 5.41) is 10.7. The Kier molecular flexibility index (Phi) is 4.69. The van der Waals surface area contributed by atoms with Crippen molar-refractivity contribution in [2.75, 3.05) is 5.43 Å². The van der Waals surface area contributed by atoms with E-state index in [1.165, 1.54) is 0 Å². The van der Waals surface area contributed by atoms with Crippen LogP contribution in [0.25, 0.3) is 0 Å². The molecular weight excluding hydrogens is 284 g/mol. The van der Waals surface area contributed by atoms with Gasteiger partial charge in [-0.3, -0.25) is 16.0 Å². The Morgan fingerprint density at radius 1 is 1.40 bits per heavy atom. The first-order valence-electron chi connectivity index (χ1n) is 5.92. The van der Waals surface area contributed by atoms with Gasteiger partial charge in [-0.1, -0.05) is 6.92 Å². The maximum Gasteiger partial charge on any atom is 0.271 e. The third-order valence-corrected chi connectivity index (χ3v) is 4.67. The number of hydrazine groups is 1. The molecule has 0 aliphatic carbocycles. The van der Waals surface area contributed by atoms with Crippen LogP contribution in [0.4, 0.5) is 11.4 Å². The zero-order valence-corrected chi connectivity index (χ0v) is 12.3. The first-order valence-corrected chi connectivity index (χ1v) is 7.40. The van der Waals surface area contributed by atoms with Crippen LogP contribution in [0.3, 0.4) is 0 Å². The molecule has 0 spiro atoms. The number of nitro benzene ring substituents is 1. The number of non-ortho nitro benzene ring substituents is 1. The summed E-state index contributed by atoms with van der Waals surface area (Å²) < 4.78 is 27.1. The number of nitrogens with two attached hydrogens (primary N) is 1. The lowest BCUT2D eigenvalue weighted by molar-refractivity contribution is -0.384. The number of hydrogen-bond acceptors (Lipinski definition) is 6. The number of rotatable bonds is 6. The van der Waals surface area contributed by atoms with Crippen LogP contribution in [0.1, 0.15) is 27.2 Å². The van der Waals surface area contributed by atoms with E-state index >= 15 is 0 Å². The van der Waals surface area contributed by atoms with E-state index in [1.807, 2.05) is 6.92 Å². The average Bonchev–Trinajstić information content (AvgIpc) is 2.36. The number of nitrogens with one attached hydrogen (secondary N) is 2. The summed E-state index contributed by atoms with van der Waals surface area (Å²) in [6.45, 7) is 5.33. The van der Waals surface area contributed by atoms with Gasteiger partial charge in [-0.15, -0.1) is 0 Å². The molecular formula is C11H18N4O4S. The topological polar surface area (TPSA) is 127 Å². The smallest absolute Gasteiger partial charge is 0.271 e. The number of nitro groups is 1. The molecule has 0 bridgehead atoms. The van der Waals surface area contributed by atoms with E-state index in [-0.39, 0.29) is 16.3 Å². The fraction of sp³-hybridized carbons (Fsp3) is 0.455. The molecule has 0 saturated carbocycles. The molecule has 0 aromatic heterocycles. The van der Waals surface area contributed by atoms with E-state index in [4.69, 9.17) is 5.84 Å². The molecule has 0 aliphatic rings. The Bertz CT molecular complexity index is 613. The van der Waals surface area contributed by atoms with Crippen LogP contribution in [-0.4, -0.2) is 18.9 Å². The second-order valence-electron chi connectivity index (χ2n) is 4.92. The molecule has 20 heavy (non-hydrogen) atoms. The third-order valence-electron chi connectivity index (χ3n) is 2.91. The average molecular weight is 302 g/mol. The molecule has 0 radical (unpaired) electrons. The molecule has 1 aromatic carbocycles. The molecule has 0 unspecified atom stereocenters. The lowest BCUT2D eigenvalue weighted by atomic mass is 10.0. The first kappa shape index (κ1) is 16.3. The van der Waals surface area contributed by atoms with Crippen molar-refractivity contribution in [3.05, 3.63) is 28.3 Å². The highest BCUT2D eigenvalue weighted by Gasteiger charge is 2.27. The summed E-state index contributed by atoms with van der Waals surface area (Å²) in [5.41, 5.74) is 1.27. The van der Waals surface area contributed by atoms with Crippen LogP contribution in [0.2, 0.25) is 0 Å². The number of anilines is 1. The van der Waals surface area contributed by atoms with Gasteiger partial charge < -0.3 is 5.43 Å². The van der Waals surface area contributed by atoms with E-state index in [0.29, 0.717) is 6.42 Å². The molecule has 4 N–H and O–H groups in total. The molecule has 8 nitrogen and oxygen atoms in total. The molecule has 0 amide bonds. The predicted molar refractivity (Wildman–Crippen MR) is 75.6 cm³/mol. The minimum atomic E-state index is -3.83. The Labute approximate surface area is 117 Å². The molecule has 0 heterocycles.